The zero-order chi connectivity index (χ0) is 16.2. The lowest BCUT2D eigenvalue weighted by molar-refractivity contribution is -0.144. The highest BCUT2D eigenvalue weighted by atomic mass is 32.1. The van der Waals surface area contributed by atoms with Crippen LogP contribution in [0.1, 0.15) is 22.4 Å². The second kappa shape index (κ2) is 6.79. The van der Waals surface area contributed by atoms with Crippen molar-refractivity contribution in [3.8, 4) is 10.6 Å². The third kappa shape index (κ3) is 3.87. The Kier molecular flexibility index (Phi) is 4.57. The van der Waals surface area contributed by atoms with Crippen LogP contribution < -0.4 is 0 Å². The molecule has 0 spiro atoms. The van der Waals surface area contributed by atoms with E-state index in [-0.39, 0.29) is 19.0 Å². The summed E-state index contributed by atoms with van der Waals surface area (Å²) in [7, 11) is 0. The summed E-state index contributed by atoms with van der Waals surface area (Å²) in [5.74, 6) is 0.425. The smallest absolute Gasteiger partial charge is 0.310 e. The van der Waals surface area contributed by atoms with Crippen LogP contribution in [0.15, 0.2) is 46.3 Å². The van der Waals surface area contributed by atoms with Gasteiger partial charge in [0.25, 0.3) is 0 Å². The van der Waals surface area contributed by atoms with Gasteiger partial charge in [-0.25, -0.2) is 0 Å². The molecule has 118 valence electrons. The van der Waals surface area contributed by atoms with E-state index >= 15 is 0 Å². The van der Waals surface area contributed by atoms with Gasteiger partial charge in [-0.05, 0) is 42.0 Å². The predicted molar refractivity (Wildman–Crippen MR) is 89.2 cm³/mol. The van der Waals surface area contributed by atoms with Crippen LogP contribution in [0.4, 0.5) is 0 Å². The number of benzene rings is 1. The van der Waals surface area contributed by atoms with Crippen LogP contribution >= 0.6 is 11.3 Å². The van der Waals surface area contributed by atoms with Crippen LogP contribution in [-0.4, -0.2) is 11.1 Å². The molecule has 0 bridgehead atoms. The SMILES string of the molecule is Cc1ccc(CC(=O)OCc2cc(-c3cccs3)on2)cc1C. The summed E-state index contributed by atoms with van der Waals surface area (Å²) in [6.45, 7) is 4.21. The van der Waals surface area contributed by atoms with E-state index in [1.807, 2.05) is 49.6 Å². The predicted octanol–water partition coefficient (Wildman–Crippen LogP) is 4.31. The highest BCUT2D eigenvalue weighted by molar-refractivity contribution is 7.13. The number of aryl methyl sites for hydroxylation is 2. The number of rotatable bonds is 5. The maximum atomic E-state index is 11.9. The van der Waals surface area contributed by atoms with Crippen LogP contribution in [0.25, 0.3) is 10.6 Å². The van der Waals surface area contributed by atoms with Gasteiger partial charge in [-0.15, -0.1) is 11.3 Å². The van der Waals surface area contributed by atoms with Crippen LogP contribution in [0, 0.1) is 13.8 Å². The highest BCUT2D eigenvalue weighted by Gasteiger charge is 2.11. The van der Waals surface area contributed by atoms with Crippen molar-refractivity contribution >= 4 is 17.3 Å². The lowest BCUT2D eigenvalue weighted by Crippen LogP contribution is -2.08. The fraction of sp³-hybridized carbons (Fsp3) is 0.222. The van der Waals surface area contributed by atoms with Gasteiger partial charge in [-0.1, -0.05) is 29.4 Å². The third-order valence-corrected chi connectivity index (χ3v) is 4.51. The maximum absolute atomic E-state index is 11.9. The molecule has 0 N–H and O–H groups in total. The topological polar surface area (TPSA) is 52.3 Å². The van der Waals surface area contributed by atoms with E-state index in [4.69, 9.17) is 9.26 Å². The first kappa shape index (κ1) is 15.5. The quantitative estimate of drug-likeness (QED) is 0.655. The highest BCUT2D eigenvalue weighted by Crippen LogP contribution is 2.25. The van der Waals surface area contributed by atoms with Gasteiger partial charge in [0.05, 0.1) is 11.3 Å². The van der Waals surface area contributed by atoms with Gasteiger partial charge >= 0.3 is 5.97 Å². The molecule has 0 aliphatic rings. The number of ether oxygens (including phenoxy) is 1. The van der Waals surface area contributed by atoms with Crippen LogP contribution in [-0.2, 0) is 22.6 Å². The van der Waals surface area contributed by atoms with Gasteiger partial charge in [-0.3, -0.25) is 4.79 Å². The van der Waals surface area contributed by atoms with Gasteiger partial charge in [0.1, 0.15) is 12.3 Å². The Labute approximate surface area is 138 Å². The molecular weight excluding hydrogens is 310 g/mol. The molecule has 0 fully saturated rings. The van der Waals surface area contributed by atoms with E-state index in [9.17, 15) is 4.79 Å². The fourth-order valence-electron chi connectivity index (χ4n) is 2.20. The number of aromatic nitrogens is 1. The van der Waals surface area contributed by atoms with Gasteiger partial charge in [-0.2, -0.15) is 0 Å². The molecule has 2 heterocycles. The Balaban J connectivity index is 1.55. The second-order valence-corrected chi connectivity index (χ2v) is 6.36. The molecule has 0 aliphatic heterocycles. The van der Waals surface area contributed by atoms with Crippen molar-refractivity contribution in [2.75, 3.05) is 0 Å². The van der Waals surface area contributed by atoms with E-state index < -0.39 is 0 Å². The van der Waals surface area contributed by atoms with E-state index in [0.29, 0.717) is 11.5 Å². The molecule has 0 radical (unpaired) electrons. The first-order valence-electron chi connectivity index (χ1n) is 7.33. The molecule has 3 rings (SSSR count). The van der Waals surface area contributed by atoms with Crippen molar-refractivity contribution in [2.24, 2.45) is 0 Å². The fourth-order valence-corrected chi connectivity index (χ4v) is 2.87. The summed E-state index contributed by atoms with van der Waals surface area (Å²) in [6.07, 6.45) is 0.261. The average molecular weight is 327 g/mol. The lowest BCUT2D eigenvalue weighted by atomic mass is 10.0. The number of hydrogen-bond acceptors (Lipinski definition) is 5. The molecule has 0 saturated carbocycles. The largest absolute Gasteiger partial charge is 0.459 e. The summed E-state index contributed by atoms with van der Waals surface area (Å²) >= 11 is 1.58. The minimum Gasteiger partial charge on any atom is -0.459 e. The van der Waals surface area contributed by atoms with Crippen LogP contribution in [0.5, 0.6) is 0 Å². The molecule has 0 aliphatic carbocycles. The Bertz CT molecular complexity index is 806. The first-order chi connectivity index (χ1) is 11.1. The lowest BCUT2D eigenvalue weighted by Gasteiger charge is -2.05. The summed E-state index contributed by atoms with van der Waals surface area (Å²) in [4.78, 5) is 12.9. The number of carbonyl (C=O) groups excluding carboxylic acids is 1. The minimum absolute atomic E-state index is 0.124. The minimum atomic E-state index is -0.270. The number of carbonyl (C=O) groups is 1. The molecule has 0 saturated heterocycles. The van der Waals surface area contributed by atoms with Crippen molar-refractivity contribution in [3.63, 3.8) is 0 Å². The van der Waals surface area contributed by atoms with Crippen LogP contribution in [0.3, 0.4) is 0 Å². The van der Waals surface area contributed by atoms with Gasteiger partial charge in [0.15, 0.2) is 5.76 Å². The summed E-state index contributed by atoms with van der Waals surface area (Å²) in [5, 5.41) is 5.90. The molecule has 3 aromatic rings. The normalized spacial score (nSPS) is 10.7. The molecule has 23 heavy (non-hydrogen) atoms. The summed E-state index contributed by atoms with van der Waals surface area (Å²) < 4.78 is 10.5. The van der Waals surface area contributed by atoms with Crippen molar-refractivity contribution in [2.45, 2.75) is 26.9 Å². The Morgan fingerprint density at radius 1 is 1.22 bits per heavy atom. The number of hydrogen-bond donors (Lipinski definition) is 0. The van der Waals surface area contributed by atoms with Crippen molar-refractivity contribution < 1.29 is 14.1 Å². The molecular formula is C18H17NO3S. The van der Waals surface area contributed by atoms with Crippen molar-refractivity contribution in [1.29, 1.82) is 0 Å². The molecule has 0 unspecified atom stereocenters. The van der Waals surface area contributed by atoms with E-state index in [1.54, 1.807) is 17.4 Å². The van der Waals surface area contributed by atoms with Gasteiger partial charge in [0.2, 0.25) is 0 Å². The molecule has 0 atom stereocenters. The number of esters is 1. The molecule has 4 nitrogen and oxygen atoms in total. The van der Waals surface area contributed by atoms with E-state index in [1.165, 1.54) is 11.1 Å². The zero-order valence-electron chi connectivity index (χ0n) is 13.0. The standard InChI is InChI=1S/C18H17NO3S/c1-12-5-6-14(8-13(12)2)9-18(20)21-11-15-10-16(22-19-15)17-4-3-7-23-17/h3-8,10H,9,11H2,1-2H3. The molecule has 5 heteroatoms. The van der Waals surface area contributed by atoms with Gasteiger partial charge < -0.3 is 9.26 Å². The van der Waals surface area contributed by atoms with Crippen LogP contribution in [0.2, 0.25) is 0 Å². The Morgan fingerprint density at radius 3 is 2.83 bits per heavy atom. The van der Waals surface area contributed by atoms with Crippen molar-refractivity contribution in [1.82, 2.24) is 5.16 Å². The summed E-state index contributed by atoms with van der Waals surface area (Å²) in [6, 6.07) is 11.7. The van der Waals surface area contributed by atoms with Crippen molar-refractivity contribution in [3.05, 3.63) is 64.2 Å². The first-order valence-corrected chi connectivity index (χ1v) is 8.21. The van der Waals surface area contributed by atoms with Gasteiger partial charge in [0, 0.05) is 6.07 Å². The Morgan fingerprint density at radius 2 is 2.09 bits per heavy atom. The van der Waals surface area contributed by atoms with E-state index in [2.05, 4.69) is 5.16 Å². The molecule has 0 amide bonds. The zero-order valence-corrected chi connectivity index (χ0v) is 13.9. The molecule has 1 aromatic carbocycles. The average Bonchev–Trinajstić information content (AvgIpc) is 3.19. The number of nitrogens with zero attached hydrogens (tertiary/aromatic N) is 1. The summed E-state index contributed by atoms with van der Waals surface area (Å²) in [5.41, 5.74) is 3.96. The monoisotopic (exact) mass is 327 g/mol. The van der Waals surface area contributed by atoms with E-state index in [0.717, 1.165) is 10.4 Å². The Hall–Kier alpha value is -2.40. The third-order valence-electron chi connectivity index (χ3n) is 3.62. The second-order valence-electron chi connectivity index (χ2n) is 5.42. The maximum Gasteiger partial charge on any atom is 0.310 e. The molecule has 2 aromatic heterocycles. The number of thiophene rings is 1.